The van der Waals surface area contributed by atoms with Crippen molar-refractivity contribution in [3.8, 4) is 0 Å². The topological polar surface area (TPSA) is 30.2 Å². The van der Waals surface area contributed by atoms with E-state index in [-0.39, 0.29) is 5.41 Å². The molecule has 0 radical (unpaired) electrons. The standard InChI is InChI=1S/C10H13N3/c1-10(2,3)9-12-7-8-11-5-4-6-13(8)9/h4-7H,1-3H3. The predicted octanol–water partition coefficient (Wildman–Crippen LogP) is 2.03. The minimum atomic E-state index is 0.0649. The number of hydrogen-bond acceptors (Lipinski definition) is 2. The number of hydrogen-bond donors (Lipinski definition) is 0. The zero-order valence-corrected chi connectivity index (χ0v) is 8.15. The Morgan fingerprint density at radius 1 is 1.23 bits per heavy atom. The molecule has 2 aromatic heterocycles. The summed E-state index contributed by atoms with van der Waals surface area (Å²) in [5, 5.41) is 0. The average molecular weight is 175 g/mol. The summed E-state index contributed by atoms with van der Waals surface area (Å²) < 4.78 is 2.03. The Hall–Kier alpha value is -1.38. The van der Waals surface area contributed by atoms with Crippen LogP contribution in [0.25, 0.3) is 5.65 Å². The third-order valence-corrected chi connectivity index (χ3v) is 1.98. The Kier molecular flexibility index (Phi) is 1.62. The van der Waals surface area contributed by atoms with Gasteiger partial charge in [0.15, 0.2) is 5.65 Å². The van der Waals surface area contributed by atoms with E-state index >= 15 is 0 Å². The minimum absolute atomic E-state index is 0.0649. The summed E-state index contributed by atoms with van der Waals surface area (Å²) in [4.78, 5) is 8.58. The molecule has 0 atom stereocenters. The van der Waals surface area contributed by atoms with Crippen molar-refractivity contribution in [3.63, 3.8) is 0 Å². The molecule has 0 aliphatic carbocycles. The molecule has 3 nitrogen and oxygen atoms in total. The number of nitrogens with zero attached hydrogens (tertiary/aromatic N) is 3. The van der Waals surface area contributed by atoms with E-state index in [0.29, 0.717) is 0 Å². The van der Waals surface area contributed by atoms with Crippen molar-refractivity contribution in [1.29, 1.82) is 0 Å². The zero-order valence-electron chi connectivity index (χ0n) is 8.15. The lowest BCUT2D eigenvalue weighted by Gasteiger charge is -2.16. The van der Waals surface area contributed by atoms with E-state index in [9.17, 15) is 0 Å². The van der Waals surface area contributed by atoms with Crippen LogP contribution in [0.15, 0.2) is 24.7 Å². The normalized spacial score (nSPS) is 12.2. The first-order valence-corrected chi connectivity index (χ1v) is 4.37. The van der Waals surface area contributed by atoms with Gasteiger partial charge in [0, 0.05) is 17.8 Å². The molecule has 0 aliphatic rings. The second-order valence-corrected chi connectivity index (χ2v) is 4.18. The van der Waals surface area contributed by atoms with Gasteiger partial charge in [-0.2, -0.15) is 0 Å². The lowest BCUT2D eigenvalue weighted by Crippen LogP contribution is -2.15. The highest BCUT2D eigenvalue weighted by Gasteiger charge is 2.19. The van der Waals surface area contributed by atoms with Crippen LogP contribution in [0.4, 0.5) is 0 Å². The maximum atomic E-state index is 4.37. The quantitative estimate of drug-likeness (QED) is 0.613. The van der Waals surface area contributed by atoms with Crippen molar-refractivity contribution in [1.82, 2.24) is 14.4 Å². The maximum Gasteiger partial charge on any atom is 0.156 e. The van der Waals surface area contributed by atoms with Crippen LogP contribution in [0.2, 0.25) is 0 Å². The fraction of sp³-hybridized carbons (Fsp3) is 0.400. The molecule has 13 heavy (non-hydrogen) atoms. The minimum Gasteiger partial charge on any atom is -0.288 e. The van der Waals surface area contributed by atoms with Crippen molar-refractivity contribution in [2.24, 2.45) is 0 Å². The molecule has 0 aliphatic heterocycles. The van der Waals surface area contributed by atoms with E-state index in [2.05, 4.69) is 30.7 Å². The monoisotopic (exact) mass is 175 g/mol. The van der Waals surface area contributed by atoms with E-state index in [4.69, 9.17) is 0 Å². The van der Waals surface area contributed by atoms with Gasteiger partial charge in [-0.15, -0.1) is 0 Å². The first kappa shape index (κ1) is 8.23. The van der Waals surface area contributed by atoms with Gasteiger partial charge in [0.1, 0.15) is 5.82 Å². The zero-order chi connectivity index (χ0) is 9.47. The van der Waals surface area contributed by atoms with E-state index in [0.717, 1.165) is 11.5 Å². The lowest BCUT2D eigenvalue weighted by atomic mass is 9.96. The van der Waals surface area contributed by atoms with Gasteiger partial charge in [0.25, 0.3) is 0 Å². The van der Waals surface area contributed by atoms with E-state index in [1.165, 1.54) is 0 Å². The first-order valence-electron chi connectivity index (χ1n) is 4.37. The van der Waals surface area contributed by atoms with Crippen LogP contribution >= 0.6 is 0 Å². The molecule has 2 heterocycles. The molecule has 0 spiro atoms. The Balaban J connectivity index is 2.72. The van der Waals surface area contributed by atoms with Gasteiger partial charge in [-0.25, -0.2) is 9.97 Å². The van der Waals surface area contributed by atoms with Crippen LogP contribution in [-0.4, -0.2) is 14.4 Å². The van der Waals surface area contributed by atoms with Gasteiger partial charge in [-0.3, -0.25) is 4.40 Å². The van der Waals surface area contributed by atoms with Gasteiger partial charge in [-0.1, -0.05) is 20.8 Å². The molecule has 0 amide bonds. The second-order valence-electron chi connectivity index (χ2n) is 4.18. The fourth-order valence-corrected chi connectivity index (χ4v) is 1.39. The SMILES string of the molecule is CC(C)(C)c1ncc2ncccn12. The van der Waals surface area contributed by atoms with Gasteiger partial charge < -0.3 is 0 Å². The van der Waals surface area contributed by atoms with Crippen LogP contribution in [-0.2, 0) is 5.41 Å². The molecular formula is C10H13N3. The highest BCUT2D eigenvalue weighted by molar-refractivity contribution is 5.37. The summed E-state index contributed by atoms with van der Waals surface area (Å²) in [6.07, 6.45) is 5.58. The third-order valence-electron chi connectivity index (χ3n) is 1.98. The van der Waals surface area contributed by atoms with E-state index < -0.39 is 0 Å². The summed E-state index contributed by atoms with van der Waals surface area (Å²) in [6, 6.07) is 1.92. The molecule has 0 aromatic carbocycles. The summed E-state index contributed by atoms with van der Waals surface area (Å²) in [6.45, 7) is 6.44. The average Bonchev–Trinajstić information content (AvgIpc) is 2.45. The Bertz CT molecular complexity index is 423. The molecule has 68 valence electrons. The van der Waals surface area contributed by atoms with Crippen LogP contribution in [0.1, 0.15) is 26.6 Å². The van der Waals surface area contributed by atoms with Crippen molar-refractivity contribution < 1.29 is 0 Å². The molecule has 0 N–H and O–H groups in total. The summed E-state index contributed by atoms with van der Waals surface area (Å²) in [5.41, 5.74) is 0.975. The Morgan fingerprint density at radius 2 is 2.00 bits per heavy atom. The van der Waals surface area contributed by atoms with E-state index in [1.807, 2.05) is 16.7 Å². The molecule has 2 rings (SSSR count). The molecule has 0 saturated carbocycles. The lowest BCUT2D eigenvalue weighted by molar-refractivity contribution is 0.542. The summed E-state index contributed by atoms with van der Waals surface area (Å²) in [7, 11) is 0. The largest absolute Gasteiger partial charge is 0.288 e. The first-order chi connectivity index (χ1) is 6.09. The molecule has 0 unspecified atom stereocenters. The van der Waals surface area contributed by atoms with Gasteiger partial charge in [-0.05, 0) is 6.07 Å². The van der Waals surface area contributed by atoms with Crippen molar-refractivity contribution >= 4 is 5.65 Å². The summed E-state index contributed by atoms with van der Waals surface area (Å²) in [5.74, 6) is 1.05. The molecule has 0 saturated heterocycles. The Morgan fingerprint density at radius 3 is 2.69 bits per heavy atom. The van der Waals surface area contributed by atoms with Gasteiger partial charge in [0.05, 0.1) is 6.20 Å². The molecular weight excluding hydrogens is 162 g/mol. The third kappa shape index (κ3) is 1.30. The fourth-order valence-electron chi connectivity index (χ4n) is 1.39. The molecule has 0 fully saturated rings. The number of aromatic nitrogens is 3. The number of rotatable bonds is 0. The predicted molar refractivity (Wildman–Crippen MR) is 51.7 cm³/mol. The summed E-state index contributed by atoms with van der Waals surface area (Å²) >= 11 is 0. The van der Waals surface area contributed by atoms with Gasteiger partial charge in [0.2, 0.25) is 0 Å². The smallest absolute Gasteiger partial charge is 0.156 e. The van der Waals surface area contributed by atoms with Crippen molar-refractivity contribution in [2.75, 3.05) is 0 Å². The maximum absolute atomic E-state index is 4.37. The molecule has 3 heteroatoms. The van der Waals surface area contributed by atoms with Crippen LogP contribution in [0.5, 0.6) is 0 Å². The Labute approximate surface area is 77.4 Å². The molecule has 2 aromatic rings. The van der Waals surface area contributed by atoms with Crippen molar-refractivity contribution in [2.45, 2.75) is 26.2 Å². The van der Waals surface area contributed by atoms with Crippen LogP contribution < -0.4 is 0 Å². The second kappa shape index (κ2) is 2.55. The van der Waals surface area contributed by atoms with Crippen molar-refractivity contribution in [3.05, 3.63) is 30.5 Å². The van der Waals surface area contributed by atoms with Crippen LogP contribution in [0.3, 0.4) is 0 Å². The van der Waals surface area contributed by atoms with E-state index in [1.54, 1.807) is 12.4 Å². The number of fused-ring (bicyclic) bond motifs is 1. The van der Waals surface area contributed by atoms with Gasteiger partial charge >= 0.3 is 0 Å². The van der Waals surface area contributed by atoms with Crippen LogP contribution in [0, 0.1) is 0 Å². The molecule has 0 bridgehead atoms. The highest BCUT2D eigenvalue weighted by atomic mass is 15.1. The number of imidazole rings is 1. The highest BCUT2D eigenvalue weighted by Crippen LogP contribution is 2.20.